The highest BCUT2D eigenvalue weighted by molar-refractivity contribution is 5.86. The highest BCUT2D eigenvalue weighted by Crippen LogP contribution is 2.35. The molecule has 0 aliphatic rings. The molecule has 3 aromatic rings. The number of amides is 1. The third kappa shape index (κ3) is 5.19. The average Bonchev–Trinajstić information content (AvgIpc) is 2.81. The number of methoxy groups -OCH3 is 3. The molecular formula is C24H30N4O5. The van der Waals surface area contributed by atoms with E-state index in [4.69, 9.17) is 14.2 Å². The number of H-pyrrole nitrogens is 1. The number of aryl methyl sites for hydroxylation is 1. The smallest absolute Gasteiger partial charge is 0.409 e. The van der Waals surface area contributed by atoms with Gasteiger partial charge in [0.15, 0.2) is 11.5 Å². The summed E-state index contributed by atoms with van der Waals surface area (Å²) in [7, 11) is 8.05. The number of nitrogens with zero attached hydrogens (tertiary/aromatic N) is 3. The molecule has 0 spiro atoms. The minimum absolute atomic E-state index is 0.330. The standard InChI is InChI=1S/C24H30N4O5/c1-15-20-18(13-19(31-4)21(15)32-5)25-23(26-22(20)29)28(3)14-17-9-7-8-16(12-17)10-11-27(2)24(30)33-6/h7-9,12-13H,10-11,14H2,1-6H3,(H,25,26,29). The fourth-order valence-electron chi connectivity index (χ4n) is 3.81. The van der Waals surface area contributed by atoms with E-state index in [1.807, 2.05) is 37.1 Å². The van der Waals surface area contributed by atoms with Crippen molar-refractivity contribution >= 4 is 22.9 Å². The van der Waals surface area contributed by atoms with Crippen LogP contribution >= 0.6 is 0 Å². The number of carbonyl (C=O) groups excluding carboxylic acids is 1. The third-order valence-corrected chi connectivity index (χ3v) is 5.57. The maximum atomic E-state index is 12.8. The van der Waals surface area contributed by atoms with Crippen molar-refractivity contribution in [1.82, 2.24) is 14.9 Å². The predicted molar refractivity (Wildman–Crippen MR) is 127 cm³/mol. The molecule has 0 saturated heterocycles. The van der Waals surface area contributed by atoms with Crippen molar-refractivity contribution < 1.29 is 19.0 Å². The van der Waals surface area contributed by atoms with E-state index in [1.54, 1.807) is 27.3 Å². The lowest BCUT2D eigenvalue weighted by atomic mass is 10.1. The Kier molecular flexibility index (Phi) is 7.42. The molecule has 9 nitrogen and oxygen atoms in total. The molecule has 0 radical (unpaired) electrons. The van der Waals surface area contributed by atoms with Gasteiger partial charge in [-0.1, -0.05) is 24.3 Å². The zero-order valence-electron chi connectivity index (χ0n) is 19.9. The number of anilines is 1. The zero-order chi connectivity index (χ0) is 24.1. The molecule has 1 N–H and O–H groups in total. The molecule has 0 unspecified atom stereocenters. The molecule has 2 aromatic carbocycles. The van der Waals surface area contributed by atoms with Crippen molar-refractivity contribution in [3.05, 3.63) is 57.4 Å². The van der Waals surface area contributed by atoms with Gasteiger partial charge in [0.25, 0.3) is 5.56 Å². The maximum absolute atomic E-state index is 12.8. The average molecular weight is 455 g/mol. The van der Waals surface area contributed by atoms with Crippen LogP contribution in [-0.4, -0.2) is 62.9 Å². The second-order valence-corrected chi connectivity index (χ2v) is 7.84. The van der Waals surface area contributed by atoms with Crippen LogP contribution in [0.5, 0.6) is 11.5 Å². The number of carbonyl (C=O) groups is 1. The van der Waals surface area contributed by atoms with Crippen LogP contribution in [0.1, 0.15) is 16.7 Å². The summed E-state index contributed by atoms with van der Waals surface area (Å²) in [6, 6.07) is 9.85. The number of likely N-dealkylation sites (N-methyl/N-ethyl adjacent to an activating group) is 1. The lowest BCUT2D eigenvalue weighted by Crippen LogP contribution is -2.28. The lowest BCUT2D eigenvalue weighted by molar-refractivity contribution is 0.134. The Hall–Kier alpha value is -3.75. The molecule has 0 atom stereocenters. The number of nitrogens with one attached hydrogen (secondary N) is 1. The van der Waals surface area contributed by atoms with Gasteiger partial charge in [0, 0.05) is 38.8 Å². The Morgan fingerprint density at radius 3 is 2.48 bits per heavy atom. The normalized spacial score (nSPS) is 10.7. The molecule has 0 aliphatic carbocycles. The van der Waals surface area contributed by atoms with E-state index < -0.39 is 0 Å². The molecule has 1 aromatic heterocycles. The van der Waals surface area contributed by atoms with Crippen molar-refractivity contribution in [2.45, 2.75) is 19.9 Å². The molecular weight excluding hydrogens is 424 g/mol. The van der Waals surface area contributed by atoms with Gasteiger partial charge in [0.05, 0.1) is 32.2 Å². The Morgan fingerprint density at radius 2 is 1.82 bits per heavy atom. The number of rotatable bonds is 8. The van der Waals surface area contributed by atoms with Crippen molar-refractivity contribution in [1.29, 1.82) is 0 Å². The molecule has 0 bridgehead atoms. The van der Waals surface area contributed by atoms with Gasteiger partial charge in [0.1, 0.15) is 0 Å². The van der Waals surface area contributed by atoms with Crippen LogP contribution in [0.4, 0.5) is 10.7 Å². The van der Waals surface area contributed by atoms with E-state index >= 15 is 0 Å². The Morgan fingerprint density at radius 1 is 1.09 bits per heavy atom. The summed E-state index contributed by atoms with van der Waals surface area (Å²) >= 11 is 0. The van der Waals surface area contributed by atoms with E-state index in [1.165, 1.54) is 12.0 Å². The second kappa shape index (κ2) is 10.2. The first-order valence-electron chi connectivity index (χ1n) is 10.5. The van der Waals surface area contributed by atoms with Crippen LogP contribution in [-0.2, 0) is 17.7 Å². The summed E-state index contributed by atoms with van der Waals surface area (Å²) in [5.41, 5.74) is 3.14. The van der Waals surface area contributed by atoms with E-state index in [-0.39, 0.29) is 11.7 Å². The first kappa shape index (κ1) is 23.9. The van der Waals surface area contributed by atoms with E-state index in [0.717, 1.165) is 11.1 Å². The fraction of sp³-hybridized carbons (Fsp3) is 0.375. The highest BCUT2D eigenvalue weighted by Gasteiger charge is 2.17. The SMILES string of the molecule is COC(=O)N(C)CCc1cccc(CN(C)c2nc(=O)c3c(C)c(OC)c(OC)cc3[nH]2)c1. The van der Waals surface area contributed by atoms with Crippen molar-refractivity contribution in [2.75, 3.05) is 46.9 Å². The van der Waals surface area contributed by atoms with Crippen molar-refractivity contribution in [2.24, 2.45) is 0 Å². The highest BCUT2D eigenvalue weighted by atomic mass is 16.5. The Balaban J connectivity index is 1.83. The minimum Gasteiger partial charge on any atom is -0.493 e. The minimum atomic E-state index is -0.360. The maximum Gasteiger partial charge on any atom is 0.409 e. The summed E-state index contributed by atoms with van der Waals surface area (Å²) < 4.78 is 15.6. The molecule has 1 heterocycles. The Labute approximate surface area is 192 Å². The Bertz CT molecular complexity index is 1210. The summed E-state index contributed by atoms with van der Waals surface area (Å²) in [4.78, 5) is 35.3. The van der Waals surface area contributed by atoms with Gasteiger partial charge < -0.3 is 29.0 Å². The summed E-state index contributed by atoms with van der Waals surface area (Å²) in [6.07, 6.45) is 0.344. The van der Waals surface area contributed by atoms with Gasteiger partial charge >= 0.3 is 6.09 Å². The summed E-state index contributed by atoms with van der Waals surface area (Å²) in [6.45, 7) is 2.91. The zero-order valence-corrected chi connectivity index (χ0v) is 19.9. The van der Waals surface area contributed by atoms with E-state index in [2.05, 4.69) is 16.0 Å². The van der Waals surface area contributed by atoms with Crippen LogP contribution in [0.3, 0.4) is 0 Å². The first-order chi connectivity index (χ1) is 15.8. The number of aromatic nitrogens is 2. The van der Waals surface area contributed by atoms with Gasteiger partial charge in [-0.2, -0.15) is 4.98 Å². The number of hydrogen-bond acceptors (Lipinski definition) is 7. The quantitative estimate of drug-likeness (QED) is 0.559. The summed E-state index contributed by atoms with van der Waals surface area (Å²) in [5, 5.41) is 0.474. The summed E-state index contributed by atoms with van der Waals surface area (Å²) in [5.74, 6) is 1.52. The monoisotopic (exact) mass is 454 g/mol. The number of ether oxygens (including phenoxy) is 3. The topological polar surface area (TPSA) is 97.0 Å². The van der Waals surface area contributed by atoms with Gasteiger partial charge in [0.2, 0.25) is 5.95 Å². The molecule has 3 rings (SSSR count). The van der Waals surface area contributed by atoms with Crippen LogP contribution < -0.4 is 19.9 Å². The largest absolute Gasteiger partial charge is 0.493 e. The lowest BCUT2D eigenvalue weighted by Gasteiger charge is -2.20. The molecule has 0 saturated carbocycles. The van der Waals surface area contributed by atoms with Gasteiger partial charge in [-0.15, -0.1) is 0 Å². The van der Waals surface area contributed by atoms with Crippen LogP contribution in [0.25, 0.3) is 10.9 Å². The van der Waals surface area contributed by atoms with Gasteiger partial charge in [-0.25, -0.2) is 4.79 Å². The van der Waals surface area contributed by atoms with Crippen molar-refractivity contribution in [3.8, 4) is 11.5 Å². The number of benzene rings is 2. The number of fused-ring (bicyclic) bond motifs is 1. The first-order valence-corrected chi connectivity index (χ1v) is 10.5. The van der Waals surface area contributed by atoms with Gasteiger partial charge in [-0.3, -0.25) is 4.79 Å². The molecule has 0 fully saturated rings. The van der Waals surface area contributed by atoms with E-state index in [9.17, 15) is 9.59 Å². The van der Waals surface area contributed by atoms with Crippen LogP contribution in [0.2, 0.25) is 0 Å². The fourth-order valence-corrected chi connectivity index (χ4v) is 3.81. The molecule has 33 heavy (non-hydrogen) atoms. The molecule has 0 aliphatic heterocycles. The van der Waals surface area contributed by atoms with Gasteiger partial charge in [-0.05, 0) is 24.5 Å². The van der Waals surface area contributed by atoms with E-state index in [0.29, 0.717) is 53.4 Å². The molecule has 176 valence electrons. The van der Waals surface area contributed by atoms with Crippen LogP contribution in [0, 0.1) is 6.92 Å². The molecule has 1 amide bonds. The number of aromatic amines is 1. The predicted octanol–water partition coefficient (Wildman–Crippen LogP) is 3.13. The van der Waals surface area contributed by atoms with Crippen LogP contribution in [0.15, 0.2) is 35.1 Å². The van der Waals surface area contributed by atoms with Crippen molar-refractivity contribution in [3.63, 3.8) is 0 Å². The third-order valence-electron chi connectivity index (χ3n) is 5.57. The number of hydrogen-bond donors (Lipinski definition) is 1. The second-order valence-electron chi connectivity index (χ2n) is 7.84. The molecule has 9 heteroatoms.